The molecule has 0 saturated carbocycles. The van der Waals surface area contributed by atoms with Crippen molar-refractivity contribution in [2.24, 2.45) is 0 Å². The fraction of sp³-hybridized carbons (Fsp3) is 0.0143. The summed E-state index contributed by atoms with van der Waals surface area (Å²) in [6.07, 6.45) is 0. The topological polar surface area (TPSA) is 61.7 Å². The lowest BCUT2D eigenvalue weighted by Gasteiger charge is -2.31. The van der Waals surface area contributed by atoms with E-state index in [9.17, 15) is 0 Å². The zero-order valence-electron chi connectivity index (χ0n) is 40.8. The minimum atomic E-state index is -0.650. The van der Waals surface area contributed by atoms with E-state index in [1.807, 2.05) is 42.5 Å². The van der Waals surface area contributed by atoms with Crippen LogP contribution in [0.3, 0.4) is 0 Å². The highest BCUT2D eigenvalue weighted by atomic mass is 16.3. The molecule has 1 spiro atoms. The lowest BCUT2D eigenvalue weighted by molar-refractivity contribution is 0.666. The molecular formula is C70H41N5O. The van der Waals surface area contributed by atoms with Crippen LogP contribution in [-0.4, -0.2) is 24.1 Å². The monoisotopic (exact) mass is 967 g/mol. The first-order chi connectivity index (χ1) is 37.8. The Balaban J connectivity index is 1.08. The van der Waals surface area contributed by atoms with Crippen LogP contribution in [0.4, 0.5) is 0 Å². The van der Waals surface area contributed by atoms with Crippen LogP contribution in [0.25, 0.3) is 133 Å². The first-order valence-corrected chi connectivity index (χ1v) is 25.9. The third-order valence-electron chi connectivity index (χ3n) is 16.4. The maximum Gasteiger partial charge on any atom is 0.164 e. The molecule has 0 atom stereocenters. The largest absolute Gasteiger partial charge is 0.454 e. The van der Waals surface area contributed by atoms with Crippen LogP contribution in [0.1, 0.15) is 22.3 Å². The van der Waals surface area contributed by atoms with Crippen molar-refractivity contribution >= 4 is 65.6 Å². The number of rotatable bonds is 5. The molecule has 11 aromatic carbocycles. The predicted molar refractivity (Wildman–Crippen MR) is 308 cm³/mol. The fourth-order valence-corrected chi connectivity index (χ4v) is 13.5. The number of furan rings is 1. The van der Waals surface area contributed by atoms with Gasteiger partial charge in [0.2, 0.25) is 0 Å². The SMILES string of the molecule is c1ccc(-c2nc(-c3ccccc3)nc(-c3ccc(-n4c5ccccc5c5c4c4c(c6c7ccccc7n(-c7ccccc7)c65)C5(c6ccccc6-c6ccccc65)c5ccccc5-4)c4oc5ccccc5c34)n2)cc1. The number of para-hydroxylation sites is 4. The van der Waals surface area contributed by atoms with Crippen LogP contribution in [0, 0.1) is 0 Å². The maximum absolute atomic E-state index is 7.30. The number of hydrogen-bond donors (Lipinski definition) is 0. The summed E-state index contributed by atoms with van der Waals surface area (Å²) in [5, 5.41) is 6.74. The van der Waals surface area contributed by atoms with Crippen molar-refractivity contribution in [2.45, 2.75) is 5.41 Å². The zero-order chi connectivity index (χ0) is 49.6. The second-order valence-corrected chi connectivity index (χ2v) is 20.1. The number of nitrogens with zero attached hydrogens (tertiary/aromatic N) is 5. The molecular weight excluding hydrogens is 927 g/mol. The van der Waals surface area contributed by atoms with Crippen molar-refractivity contribution in [2.75, 3.05) is 0 Å². The van der Waals surface area contributed by atoms with Crippen molar-refractivity contribution in [3.63, 3.8) is 0 Å². The molecule has 2 aliphatic carbocycles. The van der Waals surface area contributed by atoms with E-state index in [4.69, 9.17) is 19.4 Å². The van der Waals surface area contributed by atoms with Gasteiger partial charge in [-0.1, -0.05) is 206 Å². The Morgan fingerprint density at radius 2 is 0.829 bits per heavy atom. The van der Waals surface area contributed by atoms with E-state index in [1.54, 1.807) is 0 Å². The van der Waals surface area contributed by atoms with Crippen LogP contribution in [-0.2, 0) is 5.41 Å². The minimum absolute atomic E-state index is 0.572. The van der Waals surface area contributed by atoms with Gasteiger partial charge in [-0.3, -0.25) is 0 Å². The molecule has 4 aromatic heterocycles. The van der Waals surface area contributed by atoms with E-state index in [0.29, 0.717) is 17.5 Å². The molecule has 0 amide bonds. The zero-order valence-corrected chi connectivity index (χ0v) is 40.8. The first kappa shape index (κ1) is 41.3. The quantitative estimate of drug-likeness (QED) is 0.172. The van der Waals surface area contributed by atoms with Crippen molar-refractivity contribution in [1.82, 2.24) is 24.1 Å². The van der Waals surface area contributed by atoms with Crippen LogP contribution in [0.5, 0.6) is 0 Å². The average Bonchev–Trinajstić information content (AvgIpc) is 4.48. The molecule has 0 fully saturated rings. The van der Waals surface area contributed by atoms with Gasteiger partial charge in [0.1, 0.15) is 5.58 Å². The van der Waals surface area contributed by atoms with E-state index >= 15 is 0 Å². The molecule has 0 radical (unpaired) electrons. The van der Waals surface area contributed by atoms with Gasteiger partial charge in [-0.25, -0.2) is 15.0 Å². The highest BCUT2D eigenvalue weighted by Crippen LogP contribution is 2.67. The number of benzene rings is 11. The van der Waals surface area contributed by atoms with Crippen LogP contribution < -0.4 is 0 Å². The molecule has 0 aliphatic heterocycles. The molecule has 6 nitrogen and oxygen atoms in total. The van der Waals surface area contributed by atoms with Gasteiger partial charge < -0.3 is 13.6 Å². The summed E-state index contributed by atoms with van der Waals surface area (Å²) in [6.45, 7) is 0. The Labute approximate surface area is 436 Å². The summed E-state index contributed by atoms with van der Waals surface area (Å²) in [4.78, 5) is 15.7. The van der Waals surface area contributed by atoms with Crippen LogP contribution in [0.2, 0.25) is 0 Å². The Kier molecular flexibility index (Phi) is 8.39. The van der Waals surface area contributed by atoms with Gasteiger partial charge in [0, 0.05) is 60.3 Å². The molecule has 6 heteroatoms. The first-order valence-electron chi connectivity index (χ1n) is 25.9. The van der Waals surface area contributed by atoms with Crippen LogP contribution in [0.15, 0.2) is 253 Å². The predicted octanol–water partition coefficient (Wildman–Crippen LogP) is 17.3. The fourth-order valence-electron chi connectivity index (χ4n) is 13.5. The van der Waals surface area contributed by atoms with Crippen molar-refractivity contribution in [3.8, 4) is 67.8 Å². The molecule has 0 N–H and O–H groups in total. The normalized spacial score (nSPS) is 13.1. The van der Waals surface area contributed by atoms with E-state index in [0.717, 1.165) is 71.9 Å². The van der Waals surface area contributed by atoms with Crippen LogP contribution >= 0.6 is 0 Å². The lowest BCUT2D eigenvalue weighted by Crippen LogP contribution is -2.26. The summed E-state index contributed by atoms with van der Waals surface area (Å²) in [6, 6.07) is 89.5. The molecule has 76 heavy (non-hydrogen) atoms. The third kappa shape index (κ3) is 5.36. The highest BCUT2D eigenvalue weighted by Gasteiger charge is 2.54. The summed E-state index contributed by atoms with van der Waals surface area (Å²) < 4.78 is 12.4. The summed E-state index contributed by atoms with van der Waals surface area (Å²) >= 11 is 0. The summed E-state index contributed by atoms with van der Waals surface area (Å²) in [5.74, 6) is 1.78. The minimum Gasteiger partial charge on any atom is -0.454 e. The highest BCUT2D eigenvalue weighted by molar-refractivity contribution is 6.33. The molecule has 0 unspecified atom stereocenters. The summed E-state index contributed by atoms with van der Waals surface area (Å²) in [7, 11) is 0. The molecule has 17 rings (SSSR count). The van der Waals surface area contributed by atoms with E-state index in [2.05, 4.69) is 215 Å². The van der Waals surface area contributed by atoms with Gasteiger partial charge in [0.25, 0.3) is 0 Å². The molecule has 4 heterocycles. The number of aromatic nitrogens is 5. The second kappa shape index (κ2) is 15.4. The van der Waals surface area contributed by atoms with Gasteiger partial charge in [0.15, 0.2) is 23.1 Å². The lowest BCUT2D eigenvalue weighted by atomic mass is 9.69. The van der Waals surface area contributed by atoms with Crippen molar-refractivity contribution < 1.29 is 4.42 Å². The standard InChI is InChI=1S/C70H41N5O/c1-4-22-42(23-5-1)67-71-68(43-24-6-2-7-25-43)73-69(72-67)51-40-41-57(66-59(51)50-33-15-21-39-58(50)76-66)75-56-38-20-14-32-49(56)62-64-61(48-31-13-19-37-55(48)74(64)44-26-8-3-9-27-44)63-60(65(62)75)47-30-12-18-36-54(47)70(63)52-34-16-10-28-45(52)46-29-11-17-35-53(46)70/h1-41H. The average molecular weight is 968 g/mol. The van der Waals surface area contributed by atoms with E-state index in [-0.39, 0.29) is 0 Å². The Hall–Kier alpha value is -10.2. The number of hydrogen-bond acceptors (Lipinski definition) is 4. The van der Waals surface area contributed by atoms with E-state index in [1.165, 1.54) is 66.2 Å². The molecule has 15 aromatic rings. The van der Waals surface area contributed by atoms with Gasteiger partial charge in [-0.15, -0.1) is 0 Å². The maximum atomic E-state index is 7.30. The van der Waals surface area contributed by atoms with Crippen molar-refractivity contribution in [1.29, 1.82) is 0 Å². The van der Waals surface area contributed by atoms with Gasteiger partial charge >= 0.3 is 0 Å². The molecule has 0 bridgehead atoms. The Morgan fingerprint density at radius 1 is 0.342 bits per heavy atom. The molecule has 2 aliphatic rings. The molecule has 352 valence electrons. The smallest absolute Gasteiger partial charge is 0.164 e. The summed E-state index contributed by atoms with van der Waals surface area (Å²) in [5.41, 5.74) is 20.3. The Morgan fingerprint density at radius 3 is 1.47 bits per heavy atom. The van der Waals surface area contributed by atoms with Gasteiger partial charge in [0.05, 0.1) is 33.2 Å². The third-order valence-corrected chi connectivity index (χ3v) is 16.4. The van der Waals surface area contributed by atoms with E-state index < -0.39 is 5.41 Å². The van der Waals surface area contributed by atoms with Gasteiger partial charge in [-0.2, -0.15) is 0 Å². The molecule has 0 saturated heterocycles. The Bertz CT molecular complexity index is 4830. The van der Waals surface area contributed by atoms with Crippen molar-refractivity contribution in [3.05, 3.63) is 271 Å². The second-order valence-electron chi connectivity index (χ2n) is 20.1. The van der Waals surface area contributed by atoms with Gasteiger partial charge in [-0.05, 0) is 81.4 Å². The number of fused-ring (bicyclic) bond motifs is 22.